The highest BCUT2D eigenvalue weighted by molar-refractivity contribution is 6.16. The lowest BCUT2D eigenvalue weighted by Crippen LogP contribution is -2.29. The van der Waals surface area contributed by atoms with Gasteiger partial charge in [0, 0.05) is 27.9 Å². The summed E-state index contributed by atoms with van der Waals surface area (Å²) in [5.41, 5.74) is 5.44. The summed E-state index contributed by atoms with van der Waals surface area (Å²) in [6, 6.07) is 20.7. The van der Waals surface area contributed by atoms with Gasteiger partial charge in [-0.1, -0.05) is 68.5 Å². The van der Waals surface area contributed by atoms with Crippen LogP contribution >= 0.6 is 0 Å². The lowest BCUT2D eigenvalue weighted by Gasteiger charge is -2.34. The van der Waals surface area contributed by atoms with Crippen molar-refractivity contribution >= 4 is 40.8 Å². The maximum Gasteiger partial charge on any atom is 0.227 e. The van der Waals surface area contributed by atoms with Crippen LogP contribution in [0.15, 0.2) is 71.3 Å². The molecule has 1 aliphatic rings. The highest BCUT2D eigenvalue weighted by Crippen LogP contribution is 2.38. The Kier molecular flexibility index (Phi) is 3.95. The highest BCUT2D eigenvalue weighted by Gasteiger charge is 2.28. The van der Waals surface area contributed by atoms with Crippen LogP contribution in [-0.2, 0) is 5.31 Å². The second-order valence-electron chi connectivity index (χ2n) is 8.47. The molecule has 4 heteroatoms. The Balaban J connectivity index is 1.48. The van der Waals surface area contributed by atoms with Crippen LogP contribution in [0.5, 0.6) is 0 Å². The van der Waals surface area contributed by atoms with Gasteiger partial charge in [0.2, 0.25) is 5.71 Å². The molecule has 3 heterocycles. The van der Waals surface area contributed by atoms with Crippen LogP contribution < -0.4 is 0 Å². The number of aromatic nitrogens is 2. The first-order valence-corrected chi connectivity index (χ1v) is 10.7. The Morgan fingerprint density at radius 3 is 2.57 bits per heavy atom. The Labute approximate surface area is 176 Å². The molecule has 0 N–H and O–H groups in total. The molecule has 0 bridgehead atoms. The number of para-hydroxylation sites is 2. The van der Waals surface area contributed by atoms with Crippen LogP contribution in [0.25, 0.3) is 44.2 Å². The summed E-state index contributed by atoms with van der Waals surface area (Å²) in [4.78, 5) is 9.51. The van der Waals surface area contributed by atoms with Gasteiger partial charge in [-0.25, -0.2) is 4.98 Å². The Bertz CT molecular complexity index is 1380. The minimum Gasteiger partial charge on any atom is -0.437 e. The van der Waals surface area contributed by atoms with E-state index in [1.165, 1.54) is 19.3 Å². The monoisotopic (exact) mass is 388 g/mol. The minimum absolute atomic E-state index is 0.237. The maximum atomic E-state index is 6.69. The maximum absolute atomic E-state index is 6.69. The van der Waals surface area contributed by atoms with Crippen LogP contribution in [0.4, 0.5) is 0 Å². The molecule has 6 rings (SSSR count). The van der Waals surface area contributed by atoms with Crippen molar-refractivity contribution in [2.24, 2.45) is 0 Å². The fourth-order valence-corrected chi connectivity index (χ4v) is 4.85. The van der Waals surface area contributed by atoms with E-state index in [0.717, 1.165) is 56.9 Å². The van der Waals surface area contributed by atoms with Gasteiger partial charge in [0.05, 0.1) is 19.1 Å². The van der Waals surface area contributed by atoms with E-state index in [1.807, 2.05) is 24.4 Å². The molecule has 1 fully saturated rings. The van der Waals surface area contributed by atoms with Crippen LogP contribution in [0, 0.1) is 0 Å². The molecule has 0 aliphatic heterocycles. The van der Waals surface area contributed by atoms with Gasteiger partial charge in [-0.2, -0.15) is 0 Å². The second-order valence-corrected chi connectivity index (χ2v) is 8.47. The molecule has 0 atom stereocenters. The van der Waals surface area contributed by atoms with Gasteiger partial charge < -0.3 is 4.42 Å². The van der Waals surface area contributed by atoms with Gasteiger partial charge in [0.1, 0.15) is 5.58 Å². The van der Waals surface area contributed by atoms with E-state index in [1.54, 1.807) is 0 Å². The largest absolute Gasteiger partial charge is 0.437 e. The third-order valence-corrected chi connectivity index (χ3v) is 6.55. The average molecular weight is 388 g/mol. The molecule has 3 aromatic heterocycles. The summed E-state index contributed by atoms with van der Waals surface area (Å²) in [6.45, 7) is 0. The van der Waals surface area contributed by atoms with Crippen molar-refractivity contribution in [2.75, 3.05) is 0 Å². The summed E-state index contributed by atoms with van der Waals surface area (Å²) >= 11 is 0. The molecule has 5 aromatic rings. The van der Waals surface area contributed by atoms with Gasteiger partial charge in [0.15, 0.2) is 0 Å². The Hall–Kier alpha value is -3.14. The fourth-order valence-electron chi connectivity index (χ4n) is 4.85. The van der Waals surface area contributed by atoms with Gasteiger partial charge in [-0.15, -0.1) is 0 Å². The Morgan fingerprint density at radius 1 is 0.867 bits per heavy atom. The van der Waals surface area contributed by atoms with Crippen LogP contribution in [0.3, 0.4) is 0 Å². The molecule has 30 heavy (non-hydrogen) atoms. The zero-order valence-corrected chi connectivity index (χ0v) is 16.8. The molecule has 2 radical (unpaired) electrons. The standard InChI is InChI=1S/C26H21BN2O/c27-26(13-4-1-5-14-26)18-11-12-23(28-16-18)20-9-6-8-19-21-15-17-7-2-3-10-22(17)29-25(21)30-24(19)20/h2-3,6-12,15-16H,1,4-5,13-14H2. The molecule has 0 spiro atoms. The van der Waals surface area contributed by atoms with Crippen molar-refractivity contribution in [2.45, 2.75) is 37.4 Å². The summed E-state index contributed by atoms with van der Waals surface area (Å²) in [7, 11) is 6.69. The first-order valence-electron chi connectivity index (χ1n) is 10.7. The van der Waals surface area contributed by atoms with E-state index < -0.39 is 0 Å². The first-order chi connectivity index (χ1) is 14.7. The van der Waals surface area contributed by atoms with Gasteiger partial charge in [-0.3, -0.25) is 4.98 Å². The average Bonchev–Trinajstić information content (AvgIpc) is 3.16. The van der Waals surface area contributed by atoms with Crippen molar-refractivity contribution in [3.63, 3.8) is 0 Å². The van der Waals surface area contributed by atoms with Crippen molar-refractivity contribution < 1.29 is 4.42 Å². The summed E-state index contributed by atoms with van der Waals surface area (Å²) in [5.74, 6) is 0. The van der Waals surface area contributed by atoms with Crippen molar-refractivity contribution in [3.05, 3.63) is 72.4 Å². The Morgan fingerprint density at radius 2 is 1.73 bits per heavy atom. The lowest BCUT2D eigenvalue weighted by atomic mass is 9.57. The topological polar surface area (TPSA) is 38.9 Å². The minimum atomic E-state index is -0.237. The molecule has 0 amide bonds. The predicted molar refractivity (Wildman–Crippen MR) is 123 cm³/mol. The predicted octanol–water partition coefficient (Wildman–Crippen LogP) is 6.52. The number of pyridine rings is 2. The fraction of sp³-hybridized carbons (Fsp3) is 0.231. The molecule has 144 valence electrons. The number of fused-ring (bicyclic) bond motifs is 4. The number of hydrogen-bond donors (Lipinski definition) is 0. The second kappa shape index (κ2) is 6.70. The summed E-state index contributed by atoms with van der Waals surface area (Å²) in [5, 5.41) is 2.97. The molecule has 2 aromatic carbocycles. The van der Waals surface area contributed by atoms with Gasteiger partial charge in [0.25, 0.3) is 0 Å². The number of benzene rings is 2. The molecule has 1 saturated carbocycles. The summed E-state index contributed by atoms with van der Waals surface area (Å²) in [6.07, 6.45) is 7.69. The van der Waals surface area contributed by atoms with Crippen molar-refractivity contribution in [1.29, 1.82) is 0 Å². The zero-order valence-electron chi connectivity index (χ0n) is 16.8. The number of hydrogen-bond acceptors (Lipinski definition) is 3. The molecule has 0 unspecified atom stereocenters. The first kappa shape index (κ1) is 17.7. The number of nitrogens with zero attached hydrogens (tertiary/aromatic N) is 2. The van der Waals surface area contributed by atoms with E-state index in [2.05, 4.69) is 42.5 Å². The van der Waals surface area contributed by atoms with Crippen LogP contribution in [-0.4, -0.2) is 17.8 Å². The number of furan rings is 1. The van der Waals surface area contributed by atoms with E-state index in [-0.39, 0.29) is 5.31 Å². The SMILES string of the molecule is [B]C1(c2ccc(-c3cccc4c3oc3nc5ccccc5cc34)nc2)CCCCC1. The van der Waals surface area contributed by atoms with Crippen LogP contribution in [0.1, 0.15) is 37.7 Å². The normalized spacial score (nSPS) is 16.4. The van der Waals surface area contributed by atoms with E-state index in [4.69, 9.17) is 22.2 Å². The third kappa shape index (κ3) is 2.74. The van der Waals surface area contributed by atoms with Crippen molar-refractivity contribution in [1.82, 2.24) is 9.97 Å². The quantitative estimate of drug-likeness (QED) is 0.323. The van der Waals surface area contributed by atoms with Gasteiger partial charge >= 0.3 is 0 Å². The van der Waals surface area contributed by atoms with E-state index in [0.29, 0.717) is 5.71 Å². The molecular weight excluding hydrogens is 367 g/mol. The summed E-state index contributed by atoms with van der Waals surface area (Å²) < 4.78 is 6.24. The molecular formula is C26H21BN2O. The van der Waals surface area contributed by atoms with Crippen molar-refractivity contribution in [3.8, 4) is 11.3 Å². The molecule has 1 aliphatic carbocycles. The molecule has 3 nitrogen and oxygen atoms in total. The molecule has 0 saturated heterocycles. The smallest absolute Gasteiger partial charge is 0.227 e. The van der Waals surface area contributed by atoms with E-state index in [9.17, 15) is 0 Å². The van der Waals surface area contributed by atoms with Gasteiger partial charge in [-0.05, 0) is 35.1 Å². The lowest BCUT2D eigenvalue weighted by molar-refractivity contribution is 0.397. The highest BCUT2D eigenvalue weighted by atomic mass is 16.3. The van der Waals surface area contributed by atoms with Crippen LogP contribution in [0.2, 0.25) is 0 Å². The third-order valence-electron chi connectivity index (χ3n) is 6.55. The number of rotatable bonds is 2. The zero-order chi connectivity index (χ0) is 20.1. The van der Waals surface area contributed by atoms with E-state index >= 15 is 0 Å².